The van der Waals surface area contributed by atoms with E-state index in [4.69, 9.17) is 4.74 Å². The SMILES string of the molecule is Cc1cccc(N(CC(=O)N/N=C\c2ccc(OC(=O)c3ccccc3)cc2)S(=O)(=O)c2ccccc2)c1. The monoisotopic (exact) mass is 527 g/mol. The zero-order chi connectivity index (χ0) is 27.0. The third kappa shape index (κ3) is 6.71. The van der Waals surface area contributed by atoms with Crippen LogP contribution >= 0.6 is 0 Å². The molecule has 0 saturated carbocycles. The molecule has 4 aromatic rings. The summed E-state index contributed by atoms with van der Waals surface area (Å²) in [6.45, 7) is 1.38. The Bertz CT molecular complexity index is 1540. The molecule has 0 fully saturated rings. The molecule has 0 aromatic heterocycles. The number of anilines is 1. The van der Waals surface area contributed by atoms with Crippen molar-refractivity contribution >= 4 is 33.8 Å². The average Bonchev–Trinajstić information content (AvgIpc) is 2.93. The Morgan fingerprint density at radius 1 is 0.868 bits per heavy atom. The summed E-state index contributed by atoms with van der Waals surface area (Å²) in [7, 11) is -4.00. The zero-order valence-corrected chi connectivity index (χ0v) is 21.3. The summed E-state index contributed by atoms with van der Waals surface area (Å²) in [6.07, 6.45) is 1.41. The molecule has 0 aliphatic carbocycles. The van der Waals surface area contributed by atoms with Crippen molar-refractivity contribution in [1.82, 2.24) is 5.43 Å². The number of esters is 1. The number of hydrazone groups is 1. The molecule has 192 valence electrons. The molecule has 9 heteroatoms. The zero-order valence-electron chi connectivity index (χ0n) is 20.5. The number of hydrogen-bond acceptors (Lipinski definition) is 6. The van der Waals surface area contributed by atoms with Gasteiger partial charge in [0.15, 0.2) is 0 Å². The molecule has 0 radical (unpaired) electrons. The van der Waals surface area contributed by atoms with Crippen molar-refractivity contribution in [2.24, 2.45) is 5.10 Å². The predicted molar refractivity (Wildman–Crippen MR) is 146 cm³/mol. The summed E-state index contributed by atoms with van der Waals surface area (Å²) < 4.78 is 33.1. The second kappa shape index (κ2) is 12.0. The summed E-state index contributed by atoms with van der Waals surface area (Å²) in [5, 5.41) is 3.95. The van der Waals surface area contributed by atoms with Gasteiger partial charge in [0.05, 0.1) is 22.4 Å². The van der Waals surface area contributed by atoms with Crippen molar-refractivity contribution < 1.29 is 22.7 Å². The Kier molecular flexibility index (Phi) is 8.30. The Labute approximate surface area is 221 Å². The highest BCUT2D eigenvalue weighted by Gasteiger charge is 2.27. The van der Waals surface area contributed by atoms with Crippen LogP contribution < -0.4 is 14.5 Å². The van der Waals surface area contributed by atoms with Crippen molar-refractivity contribution in [3.63, 3.8) is 0 Å². The molecule has 0 atom stereocenters. The van der Waals surface area contributed by atoms with Crippen molar-refractivity contribution in [3.05, 3.63) is 126 Å². The molecule has 0 spiro atoms. The van der Waals surface area contributed by atoms with Crippen LogP contribution in [0.3, 0.4) is 0 Å². The molecule has 0 saturated heterocycles. The van der Waals surface area contributed by atoms with Crippen LogP contribution in [-0.4, -0.2) is 33.1 Å². The van der Waals surface area contributed by atoms with Gasteiger partial charge in [0, 0.05) is 0 Å². The maximum absolute atomic E-state index is 13.3. The number of amides is 1. The lowest BCUT2D eigenvalue weighted by Gasteiger charge is -2.24. The molecule has 1 amide bonds. The van der Waals surface area contributed by atoms with Gasteiger partial charge in [-0.2, -0.15) is 5.10 Å². The van der Waals surface area contributed by atoms with E-state index in [1.807, 2.05) is 19.1 Å². The molecule has 4 aromatic carbocycles. The number of carbonyl (C=O) groups is 2. The fourth-order valence-corrected chi connectivity index (χ4v) is 4.96. The van der Waals surface area contributed by atoms with Gasteiger partial charge in [-0.3, -0.25) is 9.10 Å². The van der Waals surface area contributed by atoms with Crippen LogP contribution in [-0.2, 0) is 14.8 Å². The molecule has 1 N–H and O–H groups in total. The van der Waals surface area contributed by atoms with Gasteiger partial charge in [-0.15, -0.1) is 0 Å². The van der Waals surface area contributed by atoms with Crippen LogP contribution in [0.25, 0.3) is 0 Å². The van der Waals surface area contributed by atoms with E-state index >= 15 is 0 Å². The van der Waals surface area contributed by atoms with Crippen LogP contribution in [0.4, 0.5) is 5.69 Å². The van der Waals surface area contributed by atoms with Crippen LogP contribution in [0.5, 0.6) is 5.75 Å². The van der Waals surface area contributed by atoms with E-state index < -0.39 is 28.4 Å². The smallest absolute Gasteiger partial charge is 0.343 e. The Morgan fingerprint density at radius 3 is 2.18 bits per heavy atom. The first-order valence-electron chi connectivity index (χ1n) is 11.7. The van der Waals surface area contributed by atoms with Crippen LogP contribution in [0, 0.1) is 6.92 Å². The third-order valence-corrected chi connectivity index (χ3v) is 7.20. The summed E-state index contributed by atoms with van der Waals surface area (Å²) in [5.74, 6) is -0.724. The Balaban J connectivity index is 1.41. The molecular weight excluding hydrogens is 502 g/mol. The number of rotatable bonds is 9. The molecule has 4 rings (SSSR count). The highest BCUT2D eigenvalue weighted by atomic mass is 32.2. The van der Waals surface area contributed by atoms with Gasteiger partial charge >= 0.3 is 5.97 Å². The number of nitrogens with zero attached hydrogens (tertiary/aromatic N) is 2. The summed E-state index contributed by atoms with van der Waals surface area (Å²) in [6, 6.07) is 30.0. The molecular formula is C29H25N3O5S. The maximum Gasteiger partial charge on any atom is 0.343 e. The van der Waals surface area contributed by atoms with Crippen molar-refractivity contribution in [2.45, 2.75) is 11.8 Å². The molecule has 0 aliphatic rings. The Morgan fingerprint density at radius 2 is 1.53 bits per heavy atom. The van der Waals surface area contributed by atoms with E-state index in [0.29, 0.717) is 22.6 Å². The van der Waals surface area contributed by atoms with Crippen molar-refractivity contribution in [3.8, 4) is 5.75 Å². The molecule has 8 nitrogen and oxygen atoms in total. The largest absolute Gasteiger partial charge is 0.423 e. The summed E-state index contributed by atoms with van der Waals surface area (Å²) >= 11 is 0. The number of aryl methyl sites for hydroxylation is 1. The van der Waals surface area contributed by atoms with Gasteiger partial charge in [-0.1, -0.05) is 48.5 Å². The normalized spacial score (nSPS) is 11.2. The quantitative estimate of drug-likeness (QED) is 0.149. The van der Waals surface area contributed by atoms with Crippen LogP contribution in [0.15, 0.2) is 119 Å². The molecule has 38 heavy (non-hydrogen) atoms. The van der Waals surface area contributed by atoms with Crippen molar-refractivity contribution in [2.75, 3.05) is 10.8 Å². The predicted octanol–water partition coefficient (Wildman–Crippen LogP) is 4.56. The van der Waals surface area contributed by atoms with Gasteiger partial charge in [0.25, 0.3) is 15.9 Å². The van der Waals surface area contributed by atoms with Crippen molar-refractivity contribution in [1.29, 1.82) is 0 Å². The van der Waals surface area contributed by atoms with Gasteiger partial charge in [-0.05, 0) is 78.7 Å². The second-order valence-electron chi connectivity index (χ2n) is 8.28. The van der Waals surface area contributed by atoms with Crippen LogP contribution in [0.1, 0.15) is 21.5 Å². The highest BCUT2D eigenvalue weighted by Crippen LogP contribution is 2.24. The van der Waals surface area contributed by atoms with E-state index in [9.17, 15) is 18.0 Å². The Hall–Kier alpha value is -4.76. The molecule has 0 unspecified atom stereocenters. The summed E-state index contributed by atoms with van der Waals surface area (Å²) in [5.41, 5.74) is 4.68. The fourth-order valence-electron chi connectivity index (χ4n) is 3.52. The average molecular weight is 528 g/mol. The van der Waals surface area contributed by atoms with E-state index in [2.05, 4.69) is 10.5 Å². The number of hydrogen-bond donors (Lipinski definition) is 1. The first-order chi connectivity index (χ1) is 18.3. The topological polar surface area (TPSA) is 105 Å². The summed E-state index contributed by atoms with van der Waals surface area (Å²) in [4.78, 5) is 24.9. The maximum atomic E-state index is 13.3. The van der Waals surface area contributed by atoms with Gasteiger partial charge in [0.1, 0.15) is 12.3 Å². The minimum Gasteiger partial charge on any atom is -0.423 e. The number of nitrogens with one attached hydrogen (secondary N) is 1. The fraction of sp³-hybridized carbons (Fsp3) is 0.0690. The number of benzene rings is 4. The highest BCUT2D eigenvalue weighted by molar-refractivity contribution is 7.92. The van der Waals surface area contributed by atoms with E-state index in [1.165, 1.54) is 18.3 Å². The first kappa shape index (κ1) is 26.3. The molecule has 0 heterocycles. The van der Waals surface area contributed by atoms with E-state index in [0.717, 1.165) is 9.87 Å². The lowest BCUT2D eigenvalue weighted by molar-refractivity contribution is -0.119. The number of carbonyl (C=O) groups excluding carboxylic acids is 2. The minimum atomic E-state index is -4.00. The van der Waals surface area contributed by atoms with Crippen LogP contribution in [0.2, 0.25) is 0 Å². The van der Waals surface area contributed by atoms with Gasteiger partial charge in [0.2, 0.25) is 0 Å². The molecule has 0 bridgehead atoms. The number of sulfonamides is 1. The molecule has 0 aliphatic heterocycles. The lowest BCUT2D eigenvalue weighted by atomic mass is 10.2. The van der Waals surface area contributed by atoms with Gasteiger partial charge < -0.3 is 4.74 Å². The lowest BCUT2D eigenvalue weighted by Crippen LogP contribution is -2.39. The first-order valence-corrected chi connectivity index (χ1v) is 13.1. The second-order valence-corrected chi connectivity index (χ2v) is 10.1. The van der Waals surface area contributed by atoms with E-state index in [-0.39, 0.29) is 4.90 Å². The van der Waals surface area contributed by atoms with Gasteiger partial charge in [-0.25, -0.2) is 18.6 Å². The number of ether oxygens (including phenoxy) is 1. The van der Waals surface area contributed by atoms with E-state index in [1.54, 1.807) is 84.9 Å². The standard InChI is InChI=1S/C29H25N3O5S/c1-22-9-8-12-25(19-22)32(38(35,36)27-13-6-3-7-14-27)21-28(33)31-30-20-23-15-17-26(18-16-23)37-29(34)24-10-4-2-5-11-24/h2-20H,21H2,1H3,(H,31,33)/b30-20-. The third-order valence-electron chi connectivity index (χ3n) is 5.41. The minimum absolute atomic E-state index is 0.0749.